The molecule has 1 rings (SSSR count). The van der Waals surface area contributed by atoms with Crippen LogP contribution < -0.4 is 0 Å². The van der Waals surface area contributed by atoms with Gasteiger partial charge in [-0.1, -0.05) is 0 Å². The minimum atomic E-state index is -2.13. The number of nitrogens with zero attached hydrogens (tertiary/aromatic N) is 1. The fraction of sp³-hybridized carbons (Fsp3) is 0.846. The van der Waals surface area contributed by atoms with Crippen LogP contribution in [0.5, 0.6) is 0 Å². The quantitative estimate of drug-likeness (QED) is 0.721. The summed E-state index contributed by atoms with van der Waals surface area (Å²) in [4.78, 5) is 13.4. The van der Waals surface area contributed by atoms with Crippen LogP contribution in [0.15, 0.2) is 0 Å². The minimum Gasteiger partial charge on any atom is -0.392 e. The Morgan fingerprint density at radius 2 is 2.06 bits per heavy atom. The summed E-state index contributed by atoms with van der Waals surface area (Å²) < 4.78 is 11.9. The summed E-state index contributed by atoms with van der Waals surface area (Å²) in [6, 6.07) is 0.172. The third kappa shape index (κ3) is 4.70. The van der Waals surface area contributed by atoms with Crippen molar-refractivity contribution in [1.82, 2.24) is 4.90 Å². The predicted octanol–water partition coefficient (Wildman–Crippen LogP) is 2.34. The lowest BCUT2D eigenvalue weighted by molar-refractivity contribution is -0.128. The number of rotatable bonds is 5. The molecular weight excluding hydrogens is 246 g/mol. The third-order valence-corrected chi connectivity index (χ3v) is 4.83. The molecular formula is C13H26NO3Si. The summed E-state index contributed by atoms with van der Waals surface area (Å²) in [5.41, 5.74) is -0.187. The molecule has 0 saturated carbocycles. The van der Waals surface area contributed by atoms with Gasteiger partial charge >= 0.3 is 8.56 Å². The van der Waals surface area contributed by atoms with Crippen molar-refractivity contribution in [3.05, 3.63) is 6.92 Å². The van der Waals surface area contributed by atoms with Gasteiger partial charge in [0.25, 0.3) is 0 Å². The first-order valence-corrected chi connectivity index (χ1v) is 9.39. The second-order valence-electron chi connectivity index (χ2n) is 6.20. The van der Waals surface area contributed by atoms with Gasteiger partial charge in [0.1, 0.15) is 0 Å². The van der Waals surface area contributed by atoms with Crippen LogP contribution in [0.25, 0.3) is 0 Å². The fourth-order valence-electron chi connectivity index (χ4n) is 2.34. The molecule has 105 valence electrons. The molecule has 1 fully saturated rings. The maximum Gasteiger partial charge on any atom is 0.332 e. The lowest BCUT2D eigenvalue weighted by atomic mass is 10.2. The van der Waals surface area contributed by atoms with E-state index >= 15 is 0 Å². The maximum atomic E-state index is 11.6. The molecule has 0 aliphatic carbocycles. The van der Waals surface area contributed by atoms with E-state index in [1.54, 1.807) is 0 Å². The second-order valence-corrected chi connectivity index (χ2v) is 9.50. The van der Waals surface area contributed by atoms with Crippen LogP contribution in [0.3, 0.4) is 0 Å². The Kier molecular flexibility index (Phi) is 4.97. The standard InChI is InChI=1S/C13H26NO3Si/c1-7-14-11(8-9-12(14)15)10-16-18(5,6)17-13(2,3)4/h11H,1,7-10H2,2-6H3/t11-/m1/s1. The molecule has 4 nitrogen and oxygen atoms in total. The average Bonchev–Trinajstić information content (AvgIpc) is 2.52. The highest BCUT2D eigenvalue weighted by Gasteiger charge is 2.35. The minimum absolute atomic E-state index is 0.172. The van der Waals surface area contributed by atoms with Gasteiger partial charge in [0, 0.05) is 13.0 Å². The molecule has 1 aliphatic heterocycles. The predicted molar refractivity (Wildman–Crippen MR) is 74.4 cm³/mol. The molecule has 1 atom stereocenters. The molecule has 18 heavy (non-hydrogen) atoms. The van der Waals surface area contributed by atoms with Crippen LogP contribution in [-0.2, 0) is 13.6 Å². The number of hydrogen-bond acceptors (Lipinski definition) is 3. The Hall–Kier alpha value is -0.393. The van der Waals surface area contributed by atoms with Crippen LogP contribution in [0.1, 0.15) is 33.6 Å². The average molecular weight is 272 g/mol. The van der Waals surface area contributed by atoms with Gasteiger partial charge in [-0.3, -0.25) is 4.79 Å². The highest BCUT2D eigenvalue weighted by Crippen LogP contribution is 2.22. The zero-order valence-corrected chi connectivity index (χ0v) is 13.3. The van der Waals surface area contributed by atoms with E-state index in [-0.39, 0.29) is 17.6 Å². The summed E-state index contributed by atoms with van der Waals surface area (Å²) >= 11 is 0. The van der Waals surface area contributed by atoms with Crippen molar-refractivity contribution in [2.75, 3.05) is 13.2 Å². The van der Waals surface area contributed by atoms with E-state index < -0.39 is 8.56 Å². The van der Waals surface area contributed by atoms with Gasteiger partial charge in [-0.2, -0.15) is 0 Å². The number of carbonyl (C=O) groups excluding carboxylic acids is 1. The molecule has 0 aromatic heterocycles. The molecule has 0 spiro atoms. The SMILES string of the molecule is [CH2]CN1C(=O)CC[C@@H]1CO[Si](C)(C)OC(C)(C)C. The molecule has 0 unspecified atom stereocenters. The van der Waals surface area contributed by atoms with Crippen LogP contribution in [0.4, 0.5) is 0 Å². The van der Waals surface area contributed by atoms with E-state index in [2.05, 4.69) is 6.92 Å². The van der Waals surface area contributed by atoms with Gasteiger partial charge in [0.05, 0.1) is 18.2 Å². The monoisotopic (exact) mass is 272 g/mol. The van der Waals surface area contributed by atoms with Crippen molar-refractivity contribution >= 4 is 14.5 Å². The van der Waals surface area contributed by atoms with E-state index in [1.165, 1.54) is 0 Å². The van der Waals surface area contributed by atoms with Crippen molar-refractivity contribution in [1.29, 1.82) is 0 Å². The van der Waals surface area contributed by atoms with Crippen molar-refractivity contribution in [2.24, 2.45) is 0 Å². The van der Waals surface area contributed by atoms with Crippen molar-refractivity contribution in [3.63, 3.8) is 0 Å². The van der Waals surface area contributed by atoms with Gasteiger partial charge in [-0.15, -0.1) is 0 Å². The number of amides is 1. The lowest BCUT2D eigenvalue weighted by Gasteiger charge is -2.33. The van der Waals surface area contributed by atoms with E-state index in [0.29, 0.717) is 19.6 Å². The van der Waals surface area contributed by atoms with Crippen molar-refractivity contribution < 1.29 is 13.6 Å². The number of likely N-dealkylation sites (tertiary alicyclic amines) is 1. The van der Waals surface area contributed by atoms with Crippen LogP contribution in [0.2, 0.25) is 13.1 Å². The molecule has 1 aliphatic rings. The number of hydrogen-bond donors (Lipinski definition) is 0. The molecule has 0 aromatic rings. The van der Waals surface area contributed by atoms with E-state index in [1.807, 2.05) is 38.8 Å². The van der Waals surface area contributed by atoms with Gasteiger partial charge < -0.3 is 13.8 Å². The fourth-order valence-corrected chi connectivity index (χ4v) is 4.46. The first-order chi connectivity index (χ1) is 8.14. The summed E-state index contributed by atoms with van der Waals surface area (Å²) in [5, 5.41) is 0. The summed E-state index contributed by atoms with van der Waals surface area (Å²) in [6.45, 7) is 15.1. The van der Waals surface area contributed by atoms with Gasteiger partial charge in [0.2, 0.25) is 5.91 Å². The zero-order valence-electron chi connectivity index (χ0n) is 12.3. The van der Waals surface area contributed by atoms with E-state index in [4.69, 9.17) is 8.85 Å². The first kappa shape index (κ1) is 15.7. The van der Waals surface area contributed by atoms with Gasteiger partial charge in [-0.25, -0.2) is 0 Å². The molecule has 1 radical (unpaired) electrons. The van der Waals surface area contributed by atoms with Gasteiger partial charge in [-0.05, 0) is 47.2 Å². The van der Waals surface area contributed by atoms with E-state index in [9.17, 15) is 4.79 Å². The Morgan fingerprint density at radius 1 is 1.44 bits per heavy atom. The summed E-state index contributed by atoms with van der Waals surface area (Å²) in [5.74, 6) is 0.190. The Balaban J connectivity index is 2.47. The third-order valence-electron chi connectivity index (χ3n) is 2.87. The smallest absolute Gasteiger partial charge is 0.332 e. The molecule has 1 heterocycles. The van der Waals surface area contributed by atoms with Gasteiger partial charge in [0.15, 0.2) is 0 Å². The molecule has 1 saturated heterocycles. The van der Waals surface area contributed by atoms with E-state index in [0.717, 1.165) is 6.42 Å². The molecule has 0 N–H and O–H groups in total. The highest BCUT2D eigenvalue weighted by molar-refractivity contribution is 6.64. The molecule has 0 bridgehead atoms. The molecule has 0 aromatic carbocycles. The molecule has 1 amide bonds. The van der Waals surface area contributed by atoms with Crippen LogP contribution in [0, 0.1) is 6.92 Å². The van der Waals surface area contributed by atoms with Crippen molar-refractivity contribution in [2.45, 2.75) is 58.3 Å². The zero-order chi connectivity index (χ0) is 14.0. The Labute approximate surface area is 112 Å². The first-order valence-electron chi connectivity index (χ1n) is 6.57. The Bertz CT molecular complexity index is 299. The molecule has 5 heteroatoms. The summed E-state index contributed by atoms with van der Waals surface area (Å²) in [7, 11) is -2.13. The normalized spacial score (nSPS) is 21.8. The van der Waals surface area contributed by atoms with Crippen molar-refractivity contribution in [3.8, 4) is 0 Å². The highest BCUT2D eigenvalue weighted by atomic mass is 28.4. The Morgan fingerprint density at radius 3 is 2.56 bits per heavy atom. The van der Waals surface area contributed by atoms with Crippen LogP contribution in [-0.4, -0.2) is 44.2 Å². The lowest BCUT2D eigenvalue weighted by Crippen LogP contribution is -2.45. The maximum absolute atomic E-state index is 11.6. The second kappa shape index (κ2) is 5.71. The number of carbonyl (C=O) groups is 1. The topological polar surface area (TPSA) is 38.8 Å². The van der Waals surface area contributed by atoms with Crippen LogP contribution >= 0.6 is 0 Å². The summed E-state index contributed by atoms with van der Waals surface area (Å²) in [6.07, 6.45) is 1.49. The largest absolute Gasteiger partial charge is 0.392 e.